The molecule has 3 heteroatoms. The van der Waals surface area contributed by atoms with Crippen LogP contribution in [0.2, 0.25) is 0 Å². The van der Waals surface area contributed by atoms with Crippen molar-refractivity contribution in [3.05, 3.63) is 41.5 Å². The molecule has 1 aromatic rings. The van der Waals surface area contributed by atoms with Gasteiger partial charge in [0, 0.05) is 11.3 Å². The molecule has 0 N–H and O–H groups in total. The van der Waals surface area contributed by atoms with Gasteiger partial charge in [-0.2, -0.15) is 11.8 Å². The molecule has 0 aliphatic rings. The highest BCUT2D eigenvalue weighted by Crippen LogP contribution is 2.13. The maximum atomic E-state index is 11.5. The summed E-state index contributed by atoms with van der Waals surface area (Å²) >= 11 is 1.71. The summed E-state index contributed by atoms with van der Waals surface area (Å²) in [5.74, 6) is 1.44. The number of thioether (sulfide) groups is 1. The standard InChI is InChI=1S/C13H16O2S/c1-3-16-10-12(13(14)15-2)9-11-7-5-4-6-8-11/h4-9H,3,10H2,1-2H3/b12-9+. The molecule has 16 heavy (non-hydrogen) atoms. The van der Waals surface area contributed by atoms with Crippen molar-refractivity contribution in [2.45, 2.75) is 6.92 Å². The summed E-state index contributed by atoms with van der Waals surface area (Å²) in [4.78, 5) is 11.5. The highest BCUT2D eigenvalue weighted by Gasteiger charge is 2.08. The quantitative estimate of drug-likeness (QED) is 0.580. The molecule has 0 saturated heterocycles. The maximum Gasteiger partial charge on any atom is 0.334 e. The normalized spacial score (nSPS) is 11.2. The van der Waals surface area contributed by atoms with E-state index in [1.165, 1.54) is 7.11 Å². The second-order valence-corrected chi connectivity index (χ2v) is 4.48. The number of hydrogen-bond acceptors (Lipinski definition) is 3. The van der Waals surface area contributed by atoms with Gasteiger partial charge in [0.15, 0.2) is 0 Å². The first-order valence-corrected chi connectivity index (χ1v) is 6.35. The maximum absolute atomic E-state index is 11.5. The largest absolute Gasteiger partial charge is 0.466 e. The van der Waals surface area contributed by atoms with Gasteiger partial charge in [-0.3, -0.25) is 0 Å². The van der Waals surface area contributed by atoms with Gasteiger partial charge in [0.1, 0.15) is 0 Å². The number of benzene rings is 1. The molecule has 0 saturated carbocycles. The smallest absolute Gasteiger partial charge is 0.334 e. The third-order valence-electron chi connectivity index (χ3n) is 2.05. The van der Waals surface area contributed by atoms with Crippen LogP contribution in [0.15, 0.2) is 35.9 Å². The Kier molecular flexibility index (Phi) is 5.72. The predicted octanol–water partition coefficient (Wildman–Crippen LogP) is 3.00. The molecule has 0 radical (unpaired) electrons. The molecule has 0 amide bonds. The van der Waals surface area contributed by atoms with E-state index in [1.807, 2.05) is 36.4 Å². The van der Waals surface area contributed by atoms with Gasteiger partial charge >= 0.3 is 5.97 Å². The molecule has 0 fully saturated rings. The predicted molar refractivity (Wildman–Crippen MR) is 69.4 cm³/mol. The summed E-state index contributed by atoms with van der Waals surface area (Å²) < 4.78 is 4.76. The number of methoxy groups -OCH3 is 1. The number of ether oxygens (including phenoxy) is 1. The minimum absolute atomic E-state index is 0.246. The van der Waals surface area contributed by atoms with Crippen molar-refractivity contribution in [3.63, 3.8) is 0 Å². The van der Waals surface area contributed by atoms with Gasteiger partial charge < -0.3 is 4.74 Å². The SMILES string of the molecule is CCSC/C(=C\c1ccccc1)C(=O)OC. The van der Waals surface area contributed by atoms with Crippen LogP contribution in [0, 0.1) is 0 Å². The Balaban J connectivity index is 2.83. The van der Waals surface area contributed by atoms with Crippen LogP contribution < -0.4 is 0 Å². The zero-order valence-corrected chi connectivity index (χ0v) is 10.4. The summed E-state index contributed by atoms with van der Waals surface area (Å²) in [6, 6.07) is 9.80. The first kappa shape index (κ1) is 12.8. The molecule has 0 heterocycles. The average Bonchev–Trinajstić information content (AvgIpc) is 2.34. The highest BCUT2D eigenvalue weighted by atomic mass is 32.2. The van der Waals surface area contributed by atoms with Crippen LogP contribution >= 0.6 is 11.8 Å². The van der Waals surface area contributed by atoms with Crippen LogP contribution in [0.5, 0.6) is 0 Å². The van der Waals surface area contributed by atoms with Crippen molar-refractivity contribution >= 4 is 23.8 Å². The molecule has 0 unspecified atom stereocenters. The third-order valence-corrected chi connectivity index (χ3v) is 2.97. The van der Waals surface area contributed by atoms with Crippen LogP contribution in [0.4, 0.5) is 0 Å². The topological polar surface area (TPSA) is 26.3 Å². The molecule has 86 valence electrons. The summed E-state index contributed by atoms with van der Waals surface area (Å²) in [5, 5.41) is 0. The van der Waals surface area contributed by atoms with E-state index in [0.29, 0.717) is 11.3 Å². The van der Waals surface area contributed by atoms with Gasteiger partial charge in [-0.15, -0.1) is 0 Å². The molecular weight excluding hydrogens is 220 g/mol. The number of carbonyl (C=O) groups excluding carboxylic acids is 1. The van der Waals surface area contributed by atoms with Gasteiger partial charge in [-0.25, -0.2) is 4.79 Å². The Morgan fingerprint density at radius 3 is 2.62 bits per heavy atom. The summed E-state index contributed by atoms with van der Waals surface area (Å²) in [7, 11) is 1.41. The van der Waals surface area contributed by atoms with Crippen LogP contribution in [-0.2, 0) is 9.53 Å². The van der Waals surface area contributed by atoms with Gasteiger partial charge in [0.25, 0.3) is 0 Å². The lowest BCUT2D eigenvalue weighted by atomic mass is 10.1. The minimum Gasteiger partial charge on any atom is -0.466 e. The lowest BCUT2D eigenvalue weighted by Crippen LogP contribution is -2.07. The fourth-order valence-electron chi connectivity index (χ4n) is 1.25. The van der Waals surface area contributed by atoms with E-state index in [0.717, 1.165) is 11.3 Å². The fourth-order valence-corrected chi connectivity index (χ4v) is 1.88. The molecular formula is C13H16O2S. The molecule has 1 aromatic carbocycles. The van der Waals surface area contributed by atoms with E-state index < -0.39 is 0 Å². The van der Waals surface area contributed by atoms with Crippen LogP contribution in [-0.4, -0.2) is 24.6 Å². The summed E-state index contributed by atoms with van der Waals surface area (Å²) in [6.45, 7) is 2.07. The number of esters is 1. The second kappa shape index (κ2) is 7.12. The van der Waals surface area contributed by atoms with Crippen molar-refractivity contribution < 1.29 is 9.53 Å². The summed E-state index contributed by atoms with van der Waals surface area (Å²) in [6.07, 6.45) is 1.88. The van der Waals surface area contributed by atoms with Gasteiger partial charge in [-0.1, -0.05) is 37.3 Å². The fraction of sp³-hybridized carbons (Fsp3) is 0.308. The summed E-state index contributed by atoms with van der Waals surface area (Å²) in [5.41, 5.74) is 1.74. The lowest BCUT2D eigenvalue weighted by molar-refractivity contribution is -0.135. The first-order valence-electron chi connectivity index (χ1n) is 5.19. The van der Waals surface area contributed by atoms with Crippen molar-refractivity contribution in [2.75, 3.05) is 18.6 Å². The zero-order chi connectivity index (χ0) is 11.8. The van der Waals surface area contributed by atoms with E-state index in [2.05, 4.69) is 6.92 Å². The van der Waals surface area contributed by atoms with E-state index in [1.54, 1.807) is 11.8 Å². The minimum atomic E-state index is -0.246. The molecule has 0 aliphatic carbocycles. The van der Waals surface area contributed by atoms with Crippen LogP contribution in [0.3, 0.4) is 0 Å². The Hall–Kier alpha value is -1.22. The molecule has 0 spiro atoms. The van der Waals surface area contributed by atoms with Crippen molar-refractivity contribution in [1.82, 2.24) is 0 Å². The van der Waals surface area contributed by atoms with E-state index in [4.69, 9.17) is 4.74 Å². The van der Waals surface area contributed by atoms with Crippen molar-refractivity contribution in [2.24, 2.45) is 0 Å². The number of rotatable bonds is 5. The van der Waals surface area contributed by atoms with Crippen LogP contribution in [0.25, 0.3) is 6.08 Å². The van der Waals surface area contributed by atoms with E-state index >= 15 is 0 Å². The Labute approximate surface area is 101 Å². The molecule has 0 atom stereocenters. The Morgan fingerprint density at radius 1 is 1.38 bits per heavy atom. The van der Waals surface area contributed by atoms with Crippen LogP contribution in [0.1, 0.15) is 12.5 Å². The first-order chi connectivity index (χ1) is 7.77. The lowest BCUT2D eigenvalue weighted by Gasteiger charge is -2.04. The van der Waals surface area contributed by atoms with Crippen molar-refractivity contribution in [3.8, 4) is 0 Å². The zero-order valence-electron chi connectivity index (χ0n) is 9.60. The second-order valence-electron chi connectivity index (χ2n) is 3.21. The van der Waals surface area contributed by atoms with E-state index in [-0.39, 0.29) is 5.97 Å². The molecule has 2 nitrogen and oxygen atoms in total. The van der Waals surface area contributed by atoms with Crippen molar-refractivity contribution in [1.29, 1.82) is 0 Å². The highest BCUT2D eigenvalue weighted by molar-refractivity contribution is 7.99. The number of hydrogen-bond donors (Lipinski definition) is 0. The molecule has 0 aromatic heterocycles. The van der Waals surface area contributed by atoms with Gasteiger partial charge in [-0.05, 0) is 17.4 Å². The molecule has 0 aliphatic heterocycles. The molecule has 1 rings (SSSR count). The van der Waals surface area contributed by atoms with Gasteiger partial charge in [0.2, 0.25) is 0 Å². The van der Waals surface area contributed by atoms with E-state index in [9.17, 15) is 4.79 Å². The molecule has 0 bridgehead atoms. The Bertz CT molecular complexity index is 357. The Morgan fingerprint density at radius 2 is 2.06 bits per heavy atom. The average molecular weight is 236 g/mol. The van der Waals surface area contributed by atoms with Gasteiger partial charge in [0.05, 0.1) is 7.11 Å². The monoisotopic (exact) mass is 236 g/mol. The third kappa shape index (κ3) is 4.11. The number of carbonyl (C=O) groups is 1.